The molecule has 0 spiro atoms. The van der Waals surface area contributed by atoms with Gasteiger partial charge >= 0.3 is 0 Å². The highest BCUT2D eigenvalue weighted by atomic mass is 35.5. The number of alkyl halides is 1. The van der Waals surface area contributed by atoms with Crippen molar-refractivity contribution in [2.45, 2.75) is 39.0 Å². The number of rotatable bonds is 3. The molecule has 22 heavy (non-hydrogen) atoms. The van der Waals surface area contributed by atoms with Crippen LogP contribution in [0.4, 0.5) is 0 Å². The van der Waals surface area contributed by atoms with E-state index in [2.05, 4.69) is 37.0 Å². The number of carbonyl (C=O) groups excluding carboxylic acids is 1. The Labute approximate surface area is 136 Å². The zero-order valence-corrected chi connectivity index (χ0v) is 14.0. The fourth-order valence-corrected chi connectivity index (χ4v) is 3.69. The molecule has 1 N–H and O–H groups in total. The molecule has 118 valence electrons. The highest BCUT2D eigenvalue weighted by Gasteiger charge is 2.25. The predicted octanol–water partition coefficient (Wildman–Crippen LogP) is 4.12. The van der Waals surface area contributed by atoms with Crippen LogP contribution in [0.2, 0.25) is 0 Å². The van der Waals surface area contributed by atoms with E-state index in [0.717, 1.165) is 25.9 Å². The van der Waals surface area contributed by atoms with Crippen LogP contribution >= 0.6 is 11.6 Å². The van der Waals surface area contributed by atoms with E-state index in [1.54, 1.807) is 0 Å². The van der Waals surface area contributed by atoms with Crippen LogP contribution < -0.4 is 0 Å². The second-order valence-corrected chi connectivity index (χ2v) is 6.68. The first kappa shape index (κ1) is 15.4. The van der Waals surface area contributed by atoms with Crippen LogP contribution in [0.1, 0.15) is 42.0 Å². The number of likely N-dealkylation sites (tertiary alicyclic amines) is 1. The van der Waals surface area contributed by atoms with Gasteiger partial charge in [-0.05, 0) is 44.4 Å². The van der Waals surface area contributed by atoms with E-state index in [1.807, 2.05) is 4.90 Å². The van der Waals surface area contributed by atoms with E-state index < -0.39 is 0 Å². The average Bonchev–Trinajstić information content (AvgIpc) is 2.84. The van der Waals surface area contributed by atoms with E-state index in [1.165, 1.54) is 27.7 Å². The molecular weight excluding hydrogens is 296 g/mol. The lowest BCUT2D eigenvalue weighted by molar-refractivity contribution is -0.131. The van der Waals surface area contributed by atoms with Crippen LogP contribution in [-0.4, -0.2) is 34.8 Å². The summed E-state index contributed by atoms with van der Waals surface area (Å²) in [6.45, 7) is 6.02. The van der Waals surface area contributed by atoms with Crippen LogP contribution in [0, 0.1) is 13.8 Å². The molecule has 0 radical (unpaired) electrons. The molecule has 0 unspecified atom stereocenters. The van der Waals surface area contributed by atoms with E-state index >= 15 is 0 Å². The van der Waals surface area contributed by atoms with Gasteiger partial charge in [-0.3, -0.25) is 4.79 Å². The van der Waals surface area contributed by atoms with Gasteiger partial charge in [-0.1, -0.05) is 11.6 Å². The summed E-state index contributed by atoms with van der Waals surface area (Å²) in [6.07, 6.45) is 2.51. The van der Waals surface area contributed by atoms with Gasteiger partial charge in [0.05, 0.1) is 0 Å². The van der Waals surface area contributed by atoms with Gasteiger partial charge in [0.1, 0.15) is 0 Å². The molecule has 0 saturated carbocycles. The zero-order valence-electron chi connectivity index (χ0n) is 13.3. The summed E-state index contributed by atoms with van der Waals surface area (Å²) in [4.78, 5) is 17.5. The molecule has 1 aromatic carbocycles. The molecule has 3 nitrogen and oxygen atoms in total. The summed E-state index contributed by atoms with van der Waals surface area (Å²) in [5, 5.41) is 1.33. The number of nitrogens with one attached hydrogen (secondary N) is 1. The van der Waals surface area contributed by atoms with Crippen molar-refractivity contribution in [1.82, 2.24) is 9.88 Å². The Bertz CT molecular complexity index is 684. The molecule has 1 aliphatic heterocycles. The lowest BCUT2D eigenvalue weighted by Crippen LogP contribution is -2.38. The Morgan fingerprint density at radius 3 is 2.73 bits per heavy atom. The predicted molar refractivity (Wildman–Crippen MR) is 91.7 cm³/mol. The Morgan fingerprint density at radius 1 is 1.32 bits per heavy atom. The minimum absolute atomic E-state index is 0.192. The van der Waals surface area contributed by atoms with Crippen LogP contribution in [0.3, 0.4) is 0 Å². The van der Waals surface area contributed by atoms with Gasteiger partial charge in [0.2, 0.25) is 5.91 Å². The smallest absolute Gasteiger partial charge is 0.223 e. The number of hydrogen-bond donors (Lipinski definition) is 1. The molecule has 1 aromatic heterocycles. The fraction of sp³-hybridized carbons (Fsp3) is 0.500. The number of hydrogen-bond acceptors (Lipinski definition) is 1. The molecule has 4 heteroatoms. The number of piperidine rings is 1. The molecular formula is C18H23ClN2O. The molecule has 1 aliphatic rings. The summed E-state index contributed by atoms with van der Waals surface area (Å²) in [7, 11) is 0. The summed E-state index contributed by atoms with van der Waals surface area (Å²) < 4.78 is 0. The number of amides is 1. The third-order valence-electron chi connectivity index (χ3n) is 4.82. The Kier molecular flexibility index (Phi) is 4.44. The number of aromatic amines is 1. The molecule has 1 fully saturated rings. The Balaban J connectivity index is 1.76. The van der Waals surface area contributed by atoms with Crippen molar-refractivity contribution >= 4 is 28.4 Å². The summed E-state index contributed by atoms with van der Waals surface area (Å²) in [5.74, 6) is 1.13. The highest BCUT2D eigenvalue weighted by Crippen LogP contribution is 2.33. The summed E-state index contributed by atoms with van der Waals surface area (Å²) >= 11 is 5.67. The maximum absolute atomic E-state index is 11.9. The van der Waals surface area contributed by atoms with Crippen LogP contribution in [0.5, 0.6) is 0 Å². The summed E-state index contributed by atoms with van der Waals surface area (Å²) in [5.41, 5.74) is 5.23. The molecule has 1 amide bonds. The number of carbonyl (C=O) groups is 1. The van der Waals surface area contributed by atoms with Crippen molar-refractivity contribution in [2.24, 2.45) is 0 Å². The molecule has 2 aromatic rings. The molecule has 3 rings (SSSR count). The first-order valence-corrected chi connectivity index (χ1v) is 8.56. The van der Waals surface area contributed by atoms with Gasteiger partial charge in [-0.15, -0.1) is 11.6 Å². The standard InChI is InChI=1S/C18H23ClN2O/c1-12-3-4-16-15(11-12)13(2)18(20-16)14-6-9-21(10-7-14)17(22)5-8-19/h3-4,11,14,20H,5-10H2,1-2H3. The number of aromatic nitrogens is 1. The van der Waals surface area contributed by atoms with E-state index in [4.69, 9.17) is 11.6 Å². The van der Waals surface area contributed by atoms with Crippen LogP contribution in [-0.2, 0) is 4.79 Å². The van der Waals surface area contributed by atoms with Gasteiger partial charge in [0.15, 0.2) is 0 Å². The van der Waals surface area contributed by atoms with Gasteiger partial charge in [0.25, 0.3) is 0 Å². The van der Waals surface area contributed by atoms with Gasteiger partial charge in [0, 0.05) is 47.9 Å². The first-order valence-electron chi connectivity index (χ1n) is 8.02. The number of benzene rings is 1. The normalized spacial score (nSPS) is 16.4. The van der Waals surface area contributed by atoms with Gasteiger partial charge < -0.3 is 9.88 Å². The van der Waals surface area contributed by atoms with E-state index in [-0.39, 0.29) is 5.91 Å². The maximum atomic E-state index is 11.9. The van der Waals surface area contributed by atoms with Crippen LogP contribution in [0.25, 0.3) is 10.9 Å². The zero-order chi connectivity index (χ0) is 15.7. The largest absolute Gasteiger partial charge is 0.358 e. The molecule has 1 saturated heterocycles. The Hall–Kier alpha value is -1.48. The monoisotopic (exact) mass is 318 g/mol. The topological polar surface area (TPSA) is 36.1 Å². The van der Waals surface area contributed by atoms with Crippen molar-refractivity contribution in [2.75, 3.05) is 19.0 Å². The minimum Gasteiger partial charge on any atom is -0.358 e. The van der Waals surface area contributed by atoms with Gasteiger partial charge in [-0.2, -0.15) is 0 Å². The van der Waals surface area contributed by atoms with Crippen molar-refractivity contribution in [1.29, 1.82) is 0 Å². The highest BCUT2D eigenvalue weighted by molar-refractivity contribution is 6.18. The van der Waals surface area contributed by atoms with Crippen molar-refractivity contribution in [3.05, 3.63) is 35.0 Å². The first-order chi connectivity index (χ1) is 10.6. The van der Waals surface area contributed by atoms with Gasteiger partial charge in [-0.25, -0.2) is 0 Å². The Morgan fingerprint density at radius 2 is 2.05 bits per heavy atom. The van der Waals surface area contributed by atoms with Crippen LogP contribution in [0.15, 0.2) is 18.2 Å². The SMILES string of the molecule is Cc1ccc2[nH]c(C3CCN(C(=O)CCCl)CC3)c(C)c2c1. The van der Waals surface area contributed by atoms with Crippen molar-refractivity contribution in [3.63, 3.8) is 0 Å². The lowest BCUT2D eigenvalue weighted by atomic mass is 9.91. The molecule has 0 aliphatic carbocycles. The quantitative estimate of drug-likeness (QED) is 0.849. The molecule has 0 bridgehead atoms. The number of nitrogens with zero attached hydrogens (tertiary/aromatic N) is 1. The summed E-state index contributed by atoms with van der Waals surface area (Å²) in [6, 6.07) is 6.57. The minimum atomic E-state index is 0.192. The second kappa shape index (κ2) is 6.33. The number of halogens is 1. The van der Waals surface area contributed by atoms with Crippen molar-refractivity contribution < 1.29 is 4.79 Å². The number of H-pyrrole nitrogens is 1. The number of aryl methyl sites for hydroxylation is 2. The molecule has 2 heterocycles. The van der Waals surface area contributed by atoms with Crippen molar-refractivity contribution in [3.8, 4) is 0 Å². The third kappa shape index (κ3) is 2.87. The van der Waals surface area contributed by atoms with E-state index in [0.29, 0.717) is 18.2 Å². The average molecular weight is 319 g/mol. The number of fused-ring (bicyclic) bond motifs is 1. The maximum Gasteiger partial charge on any atom is 0.223 e. The lowest BCUT2D eigenvalue weighted by Gasteiger charge is -2.32. The third-order valence-corrected chi connectivity index (χ3v) is 5.01. The van der Waals surface area contributed by atoms with E-state index in [9.17, 15) is 4.79 Å². The fourth-order valence-electron chi connectivity index (χ4n) is 3.53. The second-order valence-electron chi connectivity index (χ2n) is 6.31. The molecule has 0 atom stereocenters.